The predicted molar refractivity (Wildman–Crippen MR) is 152 cm³/mol. The van der Waals surface area contributed by atoms with Crippen LogP contribution in [-0.2, 0) is 9.53 Å². The third-order valence-corrected chi connectivity index (χ3v) is 7.90. The first-order valence-electron chi connectivity index (χ1n) is 14.0. The fourth-order valence-electron chi connectivity index (χ4n) is 5.87. The van der Waals surface area contributed by atoms with Crippen LogP contribution in [0.15, 0.2) is 60.5 Å². The highest BCUT2D eigenvalue weighted by Gasteiger charge is 2.28. The molecule has 212 valence electrons. The molecular formula is C33H37FO6. The number of hydrogen-bond acceptors (Lipinski definition) is 5. The molecule has 2 aliphatic heterocycles. The van der Waals surface area contributed by atoms with Gasteiger partial charge in [0, 0.05) is 36.0 Å². The number of hydrogen-bond donors (Lipinski definition) is 1. The van der Waals surface area contributed by atoms with E-state index in [0.29, 0.717) is 30.1 Å². The molecule has 1 saturated heterocycles. The molecule has 0 amide bonds. The predicted octanol–water partition coefficient (Wildman–Crippen LogP) is 7.24. The molecule has 1 N–H and O–H groups in total. The summed E-state index contributed by atoms with van der Waals surface area (Å²) in [6, 6.07) is 9.56. The highest BCUT2D eigenvalue weighted by molar-refractivity contribution is 5.73. The SMILES string of the molecule is C=C1/C(F)=C\C=C(\c2c(C)cc(OC3CCOCC3)cc2C)CCC[C@H]1Oc1ccc2c(c1)OC[C@H]2CC(=O)O. The van der Waals surface area contributed by atoms with Crippen molar-refractivity contribution in [2.24, 2.45) is 0 Å². The summed E-state index contributed by atoms with van der Waals surface area (Å²) in [5, 5.41) is 9.15. The van der Waals surface area contributed by atoms with Gasteiger partial charge in [0.2, 0.25) is 0 Å². The van der Waals surface area contributed by atoms with E-state index in [1.165, 1.54) is 6.08 Å². The van der Waals surface area contributed by atoms with E-state index in [1.54, 1.807) is 12.1 Å². The van der Waals surface area contributed by atoms with Gasteiger partial charge in [0.05, 0.1) is 26.2 Å². The molecule has 0 unspecified atom stereocenters. The quantitative estimate of drug-likeness (QED) is 0.393. The third-order valence-electron chi connectivity index (χ3n) is 7.90. The van der Waals surface area contributed by atoms with Crippen LogP contribution in [0.3, 0.4) is 0 Å². The van der Waals surface area contributed by atoms with E-state index in [2.05, 4.69) is 32.6 Å². The van der Waals surface area contributed by atoms with E-state index < -0.39 is 17.9 Å². The number of aliphatic carboxylic acids is 1. The number of rotatable bonds is 7. The number of fused-ring (bicyclic) bond motifs is 1. The van der Waals surface area contributed by atoms with Crippen LogP contribution in [-0.4, -0.2) is 43.1 Å². The van der Waals surface area contributed by atoms with E-state index >= 15 is 4.39 Å². The number of carbonyl (C=O) groups is 1. The number of carboxylic acid groups (broad SMARTS) is 1. The lowest BCUT2D eigenvalue weighted by Gasteiger charge is -2.24. The lowest BCUT2D eigenvalue weighted by atomic mass is 9.91. The summed E-state index contributed by atoms with van der Waals surface area (Å²) in [6.07, 6.45) is 6.96. The van der Waals surface area contributed by atoms with Crippen LogP contribution < -0.4 is 14.2 Å². The highest BCUT2D eigenvalue weighted by Crippen LogP contribution is 2.40. The minimum atomic E-state index is -0.858. The van der Waals surface area contributed by atoms with Gasteiger partial charge in [0.25, 0.3) is 0 Å². The fraction of sp³-hybridized carbons (Fsp3) is 0.424. The molecule has 0 radical (unpaired) electrons. The maximum Gasteiger partial charge on any atom is 0.304 e. The summed E-state index contributed by atoms with van der Waals surface area (Å²) in [5.74, 6) is 0.591. The molecule has 0 bridgehead atoms. The number of allylic oxidation sites excluding steroid dienone is 3. The summed E-state index contributed by atoms with van der Waals surface area (Å²) in [6.45, 7) is 9.96. The Morgan fingerprint density at radius 2 is 1.80 bits per heavy atom. The van der Waals surface area contributed by atoms with Gasteiger partial charge in [-0.25, -0.2) is 4.39 Å². The first-order chi connectivity index (χ1) is 19.3. The van der Waals surface area contributed by atoms with Crippen molar-refractivity contribution >= 4 is 11.5 Å². The average Bonchev–Trinajstić information content (AvgIpc) is 3.33. The van der Waals surface area contributed by atoms with Gasteiger partial charge in [-0.1, -0.05) is 18.7 Å². The lowest BCUT2D eigenvalue weighted by molar-refractivity contribution is -0.137. The first kappa shape index (κ1) is 28.0. The Kier molecular flexibility index (Phi) is 8.60. The lowest BCUT2D eigenvalue weighted by Crippen LogP contribution is -2.25. The molecule has 6 nitrogen and oxygen atoms in total. The largest absolute Gasteiger partial charge is 0.492 e. The molecule has 7 heteroatoms. The van der Waals surface area contributed by atoms with Crippen LogP contribution in [0.4, 0.5) is 4.39 Å². The minimum Gasteiger partial charge on any atom is -0.492 e. The van der Waals surface area contributed by atoms with Gasteiger partial charge in [0.1, 0.15) is 35.3 Å². The molecule has 0 spiro atoms. The third kappa shape index (κ3) is 6.41. The van der Waals surface area contributed by atoms with E-state index in [4.69, 9.17) is 24.1 Å². The van der Waals surface area contributed by atoms with E-state index in [9.17, 15) is 4.79 Å². The van der Waals surface area contributed by atoms with E-state index in [0.717, 1.165) is 72.5 Å². The van der Waals surface area contributed by atoms with E-state index in [1.807, 2.05) is 12.1 Å². The fourth-order valence-corrected chi connectivity index (χ4v) is 5.87. The molecule has 1 fully saturated rings. The summed E-state index contributed by atoms with van der Waals surface area (Å²) in [4.78, 5) is 11.1. The number of ether oxygens (including phenoxy) is 4. The van der Waals surface area contributed by atoms with Crippen molar-refractivity contribution in [3.63, 3.8) is 0 Å². The molecule has 1 aliphatic carbocycles. The van der Waals surface area contributed by atoms with Gasteiger partial charge in [0.15, 0.2) is 0 Å². The van der Waals surface area contributed by atoms with Gasteiger partial charge >= 0.3 is 5.97 Å². The number of benzene rings is 2. The second-order valence-electron chi connectivity index (χ2n) is 10.9. The van der Waals surface area contributed by atoms with Crippen molar-refractivity contribution < 1.29 is 33.2 Å². The summed E-state index contributed by atoms with van der Waals surface area (Å²) < 4.78 is 38.9. The standard InChI is InChI=1S/C33H37FO6/c1-20-15-27(39-25-11-13-37-14-12-25)16-21(2)33(20)23-5-4-6-30(22(3)29(34)10-7-23)40-26-8-9-28-24(17-32(35)36)19-38-31(28)18-26/h7-10,15-16,18,24-25,30H,3-6,11-14,17,19H2,1-2H3,(H,35,36)/b23-7+,29-10+/t24-,30-/m1/s1. The Hall–Kier alpha value is -3.58. The van der Waals surface area contributed by atoms with Gasteiger partial charge in [-0.05, 0) is 79.6 Å². The van der Waals surface area contributed by atoms with Gasteiger partial charge in [-0.15, -0.1) is 0 Å². The smallest absolute Gasteiger partial charge is 0.304 e. The molecule has 2 aromatic rings. The van der Waals surface area contributed by atoms with Crippen LogP contribution in [0, 0.1) is 13.8 Å². The topological polar surface area (TPSA) is 74.2 Å². The van der Waals surface area contributed by atoms with Crippen LogP contribution in [0.5, 0.6) is 17.2 Å². The molecule has 0 aromatic heterocycles. The van der Waals surface area contributed by atoms with Crippen molar-refractivity contribution in [1.29, 1.82) is 0 Å². The molecule has 5 rings (SSSR count). The molecule has 3 aliphatic rings. The van der Waals surface area contributed by atoms with Crippen molar-refractivity contribution in [3.8, 4) is 17.2 Å². The Balaban J connectivity index is 1.28. The maximum atomic E-state index is 15.3. The normalized spacial score (nSPS) is 24.3. The van der Waals surface area contributed by atoms with Crippen molar-refractivity contribution in [1.82, 2.24) is 0 Å². The van der Waals surface area contributed by atoms with Gasteiger partial charge in [-0.2, -0.15) is 0 Å². The van der Waals surface area contributed by atoms with Crippen LogP contribution in [0.2, 0.25) is 0 Å². The molecule has 2 heterocycles. The van der Waals surface area contributed by atoms with Crippen LogP contribution in [0.1, 0.15) is 66.7 Å². The number of aryl methyl sites for hydroxylation is 2. The Morgan fingerprint density at radius 1 is 1.05 bits per heavy atom. The zero-order valence-corrected chi connectivity index (χ0v) is 23.2. The summed E-state index contributed by atoms with van der Waals surface area (Å²) in [7, 11) is 0. The average molecular weight is 549 g/mol. The zero-order chi connectivity index (χ0) is 28.2. The maximum absolute atomic E-state index is 15.3. The van der Waals surface area contributed by atoms with Crippen molar-refractivity contribution in [2.45, 2.75) is 70.5 Å². The van der Waals surface area contributed by atoms with Crippen molar-refractivity contribution in [3.05, 3.63) is 82.7 Å². The van der Waals surface area contributed by atoms with Crippen LogP contribution >= 0.6 is 0 Å². The molecule has 40 heavy (non-hydrogen) atoms. The minimum absolute atomic E-state index is 0.0165. The molecule has 2 atom stereocenters. The Bertz CT molecular complexity index is 1310. The van der Waals surface area contributed by atoms with Crippen LogP contribution in [0.25, 0.3) is 5.57 Å². The summed E-state index contributed by atoms with van der Waals surface area (Å²) in [5.41, 5.74) is 5.57. The zero-order valence-electron chi connectivity index (χ0n) is 23.2. The molecular weight excluding hydrogens is 511 g/mol. The monoisotopic (exact) mass is 548 g/mol. The highest BCUT2D eigenvalue weighted by atomic mass is 19.1. The second kappa shape index (κ2) is 12.3. The first-order valence-corrected chi connectivity index (χ1v) is 14.0. The number of halogens is 1. The second-order valence-corrected chi connectivity index (χ2v) is 10.9. The van der Waals surface area contributed by atoms with Gasteiger partial charge < -0.3 is 24.1 Å². The Morgan fingerprint density at radius 3 is 2.52 bits per heavy atom. The molecule has 0 saturated carbocycles. The molecule has 2 aromatic carbocycles. The van der Waals surface area contributed by atoms with Gasteiger partial charge in [-0.3, -0.25) is 4.79 Å². The summed E-state index contributed by atoms with van der Waals surface area (Å²) >= 11 is 0. The van der Waals surface area contributed by atoms with E-state index in [-0.39, 0.29) is 18.4 Å². The van der Waals surface area contributed by atoms with Crippen molar-refractivity contribution in [2.75, 3.05) is 19.8 Å². The number of carboxylic acids is 1. The Labute approximate surface area is 235 Å².